The lowest BCUT2D eigenvalue weighted by Crippen LogP contribution is -2.52. The van der Waals surface area contributed by atoms with Crippen LogP contribution < -0.4 is 0 Å². The molecule has 9 heteroatoms. The van der Waals surface area contributed by atoms with Crippen LogP contribution >= 0.6 is 0 Å². The largest absolute Gasteiger partial charge is 0.462 e. The van der Waals surface area contributed by atoms with Gasteiger partial charge in [0.25, 0.3) is 6.29 Å². The van der Waals surface area contributed by atoms with Gasteiger partial charge in [-0.15, -0.1) is 0 Å². The van der Waals surface area contributed by atoms with E-state index in [1.54, 1.807) is 6.08 Å². The monoisotopic (exact) mass is 488 g/mol. The zero-order chi connectivity index (χ0) is 26.0. The highest BCUT2D eigenvalue weighted by molar-refractivity contribution is 5.84. The van der Waals surface area contributed by atoms with Crippen LogP contribution in [0.3, 0.4) is 0 Å². The van der Waals surface area contributed by atoms with Gasteiger partial charge in [0, 0.05) is 44.3 Å². The number of hydrogen-bond donors (Lipinski definition) is 0. The van der Waals surface area contributed by atoms with Gasteiger partial charge in [0.05, 0.1) is 12.2 Å². The maximum atomic E-state index is 12.1. The van der Waals surface area contributed by atoms with Gasteiger partial charge >= 0.3 is 23.9 Å². The van der Waals surface area contributed by atoms with Gasteiger partial charge in [0.2, 0.25) is 0 Å². The Morgan fingerprint density at radius 2 is 1.71 bits per heavy atom. The summed E-state index contributed by atoms with van der Waals surface area (Å²) in [4.78, 5) is 47.9. The molecule has 7 unspecified atom stereocenters. The third-order valence-corrected chi connectivity index (χ3v) is 6.34. The van der Waals surface area contributed by atoms with Crippen molar-refractivity contribution < 1.29 is 42.9 Å². The number of allylic oxidation sites excluding steroid dienone is 1. The number of ether oxygens (including phenoxy) is 5. The number of rotatable bonds is 6. The lowest BCUT2D eigenvalue weighted by atomic mass is 9.63. The Labute approximate surface area is 204 Å². The predicted octanol–water partition coefficient (Wildman–Crippen LogP) is 3.30. The van der Waals surface area contributed by atoms with Crippen LogP contribution in [-0.2, 0) is 42.9 Å². The van der Waals surface area contributed by atoms with Gasteiger partial charge in [-0.2, -0.15) is 0 Å². The average Bonchev–Trinajstić information content (AvgIpc) is 2.71. The predicted molar refractivity (Wildman–Crippen MR) is 123 cm³/mol. The van der Waals surface area contributed by atoms with Gasteiger partial charge in [0.15, 0.2) is 12.2 Å². The molecule has 2 heterocycles. The molecule has 0 aromatic carbocycles. The lowest BCUT2D eigenvalue weighted by molar-refractivity contribution is -0.188. The molecule has 1 aliphatic carbocycles. The van der Waals surface area contributed by atoms with E-state index in [-0.39, 0.29) is 11.8 Å². The standard InChI is InChI=1S/C26H32O9/c1-12(2)8-21(32-15(5)27)25(33-16(6)28)20-11-31-26(34-17(7)29)23-14(4)24-18(10-19(20)23)13(3)9-22(30)35-24/h8-9,11,18-19,21,23-26H,4,10H2,1-3,5-7H3. The first-order valence-electron chi connectivity index (χ1n) is 11.5. The van der Waals surface area contributed by atoms with Gasteiger partial charge in [-0.1, -0.05) is 17.7 Å². The molecule has 0 amide bonds. The topological polar surface area (TPSA) is 114 Å². The van der Waals surface area contributed by atoms with Crippen LogP contribution in [0.1, 0.15) is 48.0 Å². The van der Waals surface area contributed by atoms with Gasteiger partial charge in [-0.05, 0) is 38.8 Å². The zero-order valence-corrected chi connectivity index (χ0v) is 20.9. The smallest absolute Gasteiger partial charge is 0.331 e. The minimum absolute atomic E-state index is 0.172. The highest BCUT2D eigenvalue weighted by atomic mass is 16.7. The second kappa shape index (κ2) is 10.5. The quantitative estimate of drug-likeness (QED) is 0.315. The second-order valence-electron chi connectivity index (χ2n) is 9.38. The summed E-state index contributed by atoms with van der Waals surface area (Å²) in [6.45, 7) is 13.5. The van der Waals surface area contributed by atoms with Crippen LogP contribution in [-0.4, -0.2) is 48.5 Å². The minimum Gasteiger partial charge on any atom is -0.462 e. The van der Waals surface area contributed by atoms with E-state index in [9.17, 15) is 19.2 Å². The maximum Gasteiger partial charge on any atom is 0.331 e. The molecule has 3 aliphatic rings. The van der Waals surface area contributed by atoms with Crippen molar-refractivity contribution in [1.82, 2.24) is 0 Å². The van der Waals surface area contributed by atoms with Crippen molar-refractivity contribution in [3.63, 3.8) is 0 Å². The van der Waals surface area contributed by atoms with Crippen molar-refractivity contribution >= 4 is 23.9 Å². The summed E-state index contributed by atoms with van der Waals surface area (Å²) in [6, 6.07) is 0. The summed E-state index contributed by atoms with van der Waals surface area (Å²) in [5.41, 5.74) is 2.79. The molecule has 190 valence electrons. The van der Waals surface area contributed by atoms with Gasteiger partial charge in [0.1, 0.15) is 6.10 Å². The highest BCUT2D eigenvalue weighted by Gasteiger charge is 2.53. The second-order valence-corrected chi connectivity index (χ2v) is 9.38. The van der Waals surface area contributed by atoms with E-state index in [0.29, 0.717) is 17.6 Å². The van der Waals surface area contributed by atoms with Crippen molar-refractivity contribution in [2.75, 3.05) is 0 Å². The lowest BCUT2D eigenvalue weighted by Gasteiger charge is -2.49. The first-order chi connectivity index (χ1) is 16.4. The molecule has 0 N–H and O–H groups in total. The number of carbonyl (C=O) groups excluding carboxylic acids is 4. The molecule has 1 saturated carbocycles. The molecular weight excluding hydrogens is 456 g/mol. The fraction of sp³-hybridized carbons (Fsp3) is 0.538. The summed E-state index contributed by atoms with van der Waals surface area (Å²) in [5, 5.41) is 0. The van der Waals surface area contributed by atoms with E-state index in [1.165, 1.54) is 33.1 Å². The molecule has 0 aromatic rings. The maximum absolute atomic E-state index is 12.1. The third kappa shape index (κ3) is 5.83. The van der Waals surface area contributed by atoms with Gasteiger partial charge < -0.3 is 23.7 Å². The molecule has 2 aliphatic heterocycles. The van der Waals surface area contributed by atoms with E-state index < -0.39 is 54.4 Å². The first-order valence-corrected chi connectivity index (χ1v) is 11.5. The third-order valence-electron chi connectivity index (χ3n) is 6.34. The van der Waals surface area contributed by atoms with Crippen LogP contribution in [0, 0.1) is 17.8 Å². The van der Waals surface area contributed by atoms with E-state index >= 15 is 0 Å². The number of carbonyl (C=O) groups is 4. The van der Waals surface area contributed by atoms with E-state index in [4.69, 9.17) is 23.7 Å². The molecule has 0 aromatic heterocycles. The van der Waals surface area contributed by atoms with Crippen molar-refractivity contribution in [2.45, 2.75) is 72.6 Å². The van der Waals surface area contributed by atoms with E-state index in [2.05, 4.69) is 6.58 Å². The van der Waals surface area contributed by atoms with Crippen molar-refractivity contribution in [3.8, 4) is 0 Å². The van der Waals surface area contributed by atoms with Crippen LogP contribution in [0.25, 0.3) is 0 Å². The van der Waals surface area contributed by atoms with Gasteiger partial charge in [-0.25, -0.2) is 4.79 Å². The number of esters is 4. The SMILES string of the molecule is C=C1C2OC(=O)C=C(C)C2CC2C(C(OC(C)=O)C(C=C(C)C)OC(C)=O)=COC(OC(C)=O)C12. The molecule has 7 atom stereocenters. The van der Waals surface area contributed by atoms with Crippen LogP contribution in [0.15, 0.2) is 47.3 Å². The van der Waals surface area contributed by atoms with Crippen molar-refractivity contribution in [1.29, 1.82) is 0 Å². The van der Waals surface area contributed by atoms with Gasteiger partial charge in [-0.3, -0.25) is 14.4 Å². The molecule has 35 heavy (non-hydrogen) atoms. The molecule has 3 rings (SSSR count). The Hall–Kier alpha value is -3.36. The Kier molecular flexibility index (Phi) is 7.87. The Morgan fingerprint density at radius 3 is 2.29 bits per heavy atom. The Morgan fingerprint density at radius 1 is 1.06 bits per heavy atom. The number of hydrogen-bond acceptors (Lipinski definition) is 9. The first kappa shape index (κ1) is 26.2. The molecule has 9 nitrogen and oxygen atoms in total. The van der Waals surface area contributed by atoms with Crippen molar-refractivity contribution in [3.05, 3.63) is 47.3 Å². The highest BCUT2D eigenvalue weighted by Crippen LogP contribution is 2.51. The average molecular weight is 489 g/mol. The molecule has 0 radical (unpaired) electrons. The summed E-state index contributed by atoms with van der Waals surface area (Å²) >= 11 is 0. The van der Waals surface area contributed by atoms with Crippen LogP contribution in [0.5, 0.6) is 0 Å². The molecule has 0 bridgehead atoms. The summed E-state index contributed by atoms with van der Waals surface area (Å²) < 4.78 is 28.1. The normalized spacial score (nSPS) is 28.9. The number of fused-ring (bicyclic) bond motifs is 2. The van der Waals surface area contributed by atoms with Crippen LogP contribution in [0.4, 0.5) is 0 Å². The molecular formula is C26H32O9. The molecule has 0 saturated heterocycles. The summed E-state index contributed by atoms with van der Waals surface area (Å²) in [5.74, 6) is -3.23. The molecule has 0 spiro atoms. The zero-order valence-electron chi connectivity index (χ0n) is 20.9. The fourth-order valence-electron chi connectivity index (χ4n) is 5.06. The van der Waals surface area contributed by atoms with Crippen LogP contribution in [0.2, 0.25) is 0 Å². The molecule has 1 fully saturated rings. The summed E-state index contributed by atoms with van der Waals surface area (Å²) in [6.07, 6.45) is 1.55. The Balaban J connectivity index is 2.11. The summed E-state index contributed by atoms with van der Waals surface area (Å²) in [7, 11) is 0. The van der Waals surface area contributed by atoms with E-state index in [1.807, 2.05) is 20.8 Å². The van der Waals surface area contributed by atoms with Crippen molar-refractivity contribution in [2.24, 2.45) is 17.8 Å². The Bertz CT molecular complexity index is 1010. The van der Waals surface area contributed by atoms with E-state index in [0.717, 1.165) is 11.1 Å². The fourth-order valence-corrected chi connectivity index (χ4v) is 5.06. The minimum atomic E-state index is -1.01.